The Labute approximate surface area is 277 Å². The number of benzene rings is 4. The highest BCUT2D eigenvalue weighted by atomic mass is 19.1. The number of para-hydroxylation sites is 1. The third kappa shape index (κ3) is 6.77. The molecule has 0 fully saturated rings. The molecule has 0 saturated carbocycles. The van der Waals surface area contributed by atoms with Crippen LogP contribution in [0.4, 0.5) is 21.5 Å². The van der Waals surface area contributed by atoms with E-state index in [1.165, 1.54) is 56.6 Å². The topological polar surface area (TPSA) is 118 Å². The summed E-state index contributed by atoms with van der Waals surface area (Å²) in [6.45, 7) is -0.709. The van der Waals surface area contributed by atoms with Gasteiger partial charge in [-0.25, -0.2) is 4.39 Å². The van der Waals surface area contributed by atoms with Crippen molar-refractivity contribution in [3.63, 3.8) is 0 Å². The van der Waals surface area contributed by atoms with Crippen LogP contribution in [-0.4, -0.2) is 70.4 Å². The Kier molecular flexibility index (Phi) is 9.93. The zero-order valence-corrected chi connectivity index (χ0v) is 27.2. The second kappa shape index (κ2) is 14.2. The van der Waals surface area contributed by atoms with Gasteiger partial charge in [-0.05, 0) is 71.8 Å². The van der Waals surface area contributed by atoms with Crippen LogP contribution in [0.15, 0.2) is 84.9 Å². The summed E-state index contributed by atoms with van der Waals surface area (Å²) in [6.07, 6.45) is 0. The molecule has 0 spiro atoms. The Morgan fingerprint density at radius 1 is 0.854 bits per heavy atom. The average molecular weight is 655 g/mol. The van der Waals surface area contributed by atoms with Crippen LogP contribution in [0.1, 0.15) is 27.5 Å². The predicted molar refractivity (Wildman–Crippen MR) is 178 cm³/mol. The summed E-state index contributed by atoms with van der Waals surface area (Å²) in [4.78, 5) is 59.0. The molecule has 1 atom stereocenters. The van der Waals surface area contributed by atoms with Gasteiger partial charge in [0.1, 0.15) is 18.4 Å². The summed E-state index contributed by atoms with van der Waals surface area (Å²) >= 11 is 0. The number of ether oxygens (including phenoxy) is 3. The van der Waals surface area contributed by atoms with E-state index in [9.17, 15) is 23.6 Å². The number of anilines is 3. The second-order valence-electron chi connectivity index (χ2n) is 11.2. The summed E-state index contributed by atoms with van der Waals surface area (Å²) in [7, 11) is 8.08. The molecule has 0 bridgehead atoms. The van der Waals surface area contributed by atoms with Gasteiger partial charge in [-0.15, -0.1) is 0 Å². The van der Waals surface area contributed by atoms with Gasteiger partial charge in [0.15, 0.2) is 11.5 Å². The first-order valence-corrected chi connectivity index (χ1v) is 14.9. The van der Waals surface area contributed by atoms with Gasteiger partial charge in [-0.3, -0.25) is 24.1 Å². The van der Waals surface area contributed by atoms with Gasteiger partial charge in [0.05, 0.1) is 32.6 Å². The summed E-state index contributed by atoms with van der Waals surface area (Å²) in [5.74, 6) is -2.57. The lowest BCUT2D eigenvalue weighted by atomic mass is 10.0. The number of fused-ring (bicyclic) bond motifs is 1. The lowest BCUT2D eigenvalue weighted by Gasteiger charge is -2.33. The molecule has 3 amide bonds. The number of rotatable bonds is 12. The Morgan fingerprint density at radius 2 is 1.48 bits per heavy atom. The van der Waals surface area contributed by atoms with E-state index in [-0.39, 0.29) is 35.0 Å². The van der Waals surface area contributed by atoms with E-state index in [2.05, 4.69) is 5.32 Å². The number of nitrogens with zero attached hydrogens (tertiary/aromatic N) is 3. The maximum atomic E-state index is 14.4. The number of carbonyl (C=O) groups is 4. The third-order valence-corrected chi connectivity index (χ3v) is 7.97. The fourth-order valence-corrected chi connectivity index (χ4v) is 5.53. The summed E-state index contributed by atoms with van der Waals surface area (Å²) in [5, 5.41) is 2.91. The quantitative estimate of drug-likeness (QED) is 0.216. The molecule has 0 aliphatic carbocycles. The van der Waals surface area contributed by atoms with Crippen molar-refractivity contribution < 1.29 is 37.8 Å². The van der Waals surface area contributed by atoms with Crippen molar-refractivity contribution >= 4 is 40.6 Å². The average Bonchev–Trinajstić information content (AvgIpc) is 3.33. The van der Waals surface area contributed by atoms with Crippen LogP contribution >= 0.6 is 0 Å². The smallest absolute Gasteiger partial charge is 0.299 e. The molecule has 1 N–H and O–H groups in total. The molecule has 12 heteroatoms. The van der Waals surface area contributed by atoms with Crippen molar-refractivity contribution in [3.8, 4) is 17.2 Å². The van der Waals surface area contributed by atoms with Gasteiger partial charge in [0.2, 0.25) is 11.7 Å². The molecule has 0 saturated heterocycles. The Bertz CT molecular complexity index is 1820. The van der Waals surface area contributed by atoms with Gasteiger partial charge in [-0.1, -0.05) is 24.3 Å². The first-order chi connectivity index (χ1) is 23.1. The molecule has 4 aromatic rings. The van der Waals surface area contributed by atoms with Crippen LogP contribution in [0.25, 0.3) is 0 Å². The van der Waals surface area contributed by atoms with Gasteiger partial charge in [-0.2, -0.15) is 0 Å². The molecule has 1 unspecified atom stereocenters. The number of Topliss-reactive ketones (excluding diaryl/α,β-unsaturated/α-hetero) is 1. The fraction of sp³-hybridized carbons (Fsp3) is 0.222. The van der Waals surface area contributed by atoms with E-state index >= 15 is 0 Å². The van der Waals surface area contributed by atoms with E-state index in [1.807, 2.05) is 31.1 Å². The fourth-order valence-electron chi connectivity index (χ4n) is 5.53. The Hall–Kier alpha value is -5.91. The maximum Gasteiger partial charge on any atom is 0.299 e. The summed E-state index contributed by atoms with van der Waals surface area (Å²) in [5.41, 5.74) is 2.65. The minimum atomic E-state index is -1.34. The highest BCUT2D eigenvalue weighted by Gasteiger charge is 2.40. The Balaban J connectivity index is 1.63. The van der Waals surface area contributed by atoms with Gasteiger partial charge < -0.3 is 29.3 Å². The lowest BCUT2D eigenvalue weighted by Crippen LogP contribution is -2.46. The normalized spacial score (nSPS) is 12.7. The van der Waals surface area contributed by atoms with E-state index in [0.29, 0.717) is 16.8 Å². The lowest BCUT2D eigenvalue weighted by molar-refractivity contribution is -0.139. The summed E-state index contributed by atoms with van der Waals surface area (Å²) in [6, 6.07) is 20.8. The molecule has 11 nitrogen and oxygen atoms in total. The van der Waals surface area contributed by atoms with Crippen LogP contribution in [0, 0.1) is 5.82 Å². The van der Waals surface area contributed by atoms with E-state index in [4.69, 9.17) is 14.2 Å². The van der Waals surface area contributed by atoms with E-state index < -0.39 is 41.9 Å². The second-order valence-corrected chi connectivity index (χ2v) is 11.2. The summed E-state index contributed by atoms with van der Waals surface area (Å²) < 4.78 is 30.6. The van der Waals surface area contributed by atoms with Crippen LogP contribution in [0.3, 0.4) is 0 Å². The van der Waals surface area contributed by atoms with E-state index in [1.54, 1.807) is 42.5 Å². The molecular weight excluding hydrogens is 619 g/mol. The molecule has 5 rings (SSSR count). The molecule has 48 heavy (non-hydrogen) atoms. The molecular formula is C36H35FN4O7. The molecule has 0 aromatic heterocycles. The monoisotopic (exact) mass is 654 g/mol. The van der Waals surface area contributed by atoms with Crippen LogP contribution in [-0.2, 0) is 20.9 Å². The number of ketones is 1. The molecule has 1 aliphatic heterocycles. The Morgan fingerprint density at radius 3 is 2.06 bits per heavy atom. The molecule has 1 heterocycles. The van der Waals surface area contributed by atoms with Crippen LogP contribution < -0.4 is 29.3 Å². The van der Waals surface area contributed by atoms with Crippen molar-refractivity contribution in [1.82, 2.24) is 4.90 Å². The molecule has 1 aliphatic rings. The first kappa shape index (κ1) is 33.5. The van der Waals surface area contributed by atoms with Crippen molar-refractivity contribution in [2.45, 2.75) is 12.6 Å². The predicted octanol–water partition coefficient (Wildman–Crippen LogP) is 4.86. The molecule has 0 radical (unpaired) electrons. The third-order valence-electron chi connectivity index (χ3n) is 7.97. The standard InChI is InChI=1S/C36H35FN4O7/c1-39(2)26-16-14-25(15-17-26)38-35(44)32(23-18-29(46-3)34(48-5)30(19-23)47-4)41(20-22-10-12-24(37)13-11-22)31(42)21-40-28-9-7-6-8-27(28)33(43)36(40)45/h6-19,32H,20-21H2,1-5H3,(H,38,44). The number of halogens is 1. The number of methoxy groups -OCH3 is 3. The number of nitrogens with one attached hydrogen (secondary N) is 1. The van der Waals surface area contributed by atoms with Gasteiger partial charge >= 0.3 is 0 Å². The number of hydrogen-bond donors (Lipinski definition) is 1. The van der Waals surface area contributed by atoms with Crippen LogP contribution in [0.5, 0.6) is 17.2 Å². The zero-order valence-electron chi connectivity index (χ0n) is 27.2. The number of carbonyl (C=O) groups excluding carboxylic acids is 4. The largest absolute Gasteiger partial charge is 0.493 e. The van der Waals surface area contributed by atoms with Crippen molar-refractivity contribution in [1.29, 1.82) is 0 Å². The highest BCUT2D eigenvalue weighted by Crippen LogP contribution is 2.41. The highest BCUT2D eigenvalue weighted by molar-refractivity contribution is 6.52. The number of amides is 3. The minimum absolute atomic E-state index is 0.162. The van der Waals surface area contributed by atoms with Crippen molar-refractivity contribution in [3.05, 3.63) is 107 Å². The van der Waals surface area contributed by atoms with Gasteiger partial charge in [0, 0.05) is 32.0 Å². The molecule has 4 aromatic carbocycles. The van der Waals surface area contributed by atoms with E-state index in [0.717, 1.165) is 10.6 Å². The van der Waals surface area contributed by atoms with Crippen LogP contribution in [0.2, 0.25) is 0 Å². The molecule has 248 valence electrons. The van der Waals surface area contributed by atoms with Crippen molar-refractivity contribution in [2.24, 2.45) is 0 Å². The SMILES string of the molecule is COc1cc(C(C(=O)Nc2ccc(N(C)C)cc2)N(Cc2ccc(F)cc2)C(=O)CN2C(=O)C(=O)c3ccccc32)cc(OC)c1OC. The van der Waals surface area contributed by atoms with Gasteiger partial charge in [0.25, 0.3) is 17.6 Å². The zero-order chi connectivity index (χ0) is 34.5. The minimum Gasteiger partial charge on any atom is -0.493 e. The number of hydrogen-bond acceptors (Lipinski definition) is 8. The van der Waals surface area contributed by atoms with Crippen molar-refractivity contribution in [2.75, 3.05) is 57.1 Å². The maximum absolute atomic E-state index is 14.4. The first-order valence-electron chi connectivity index (χ1n) is 14.9.